The highest BCUT2D eigenvalue weighted by Gasteiger charge is 2.24. The van der Waals surface area contributed by atoms with E-state index in [0.717, 1.165) is 12.8 Å². The second kappa shape index (κ2) is 6.81. The van der Waals surface area contributed by atoms with Crippen molar-refractivity contribution >= 4 is 21.8 Å². The van der Waals surface area contributed by atoms with Gasteiger partial charge in [0.2, 0.25) is 0 Å². The third-order valence-corrected chi connectivity index (χ3v) is 3.20. The Hall–Kier alpha value is -0.810. The number of aliphatic hydroxyl groups is 1. The minimum atomic E-state index is -0.168. The van der Waals surface area contributed by atoms with Gasteiger partial charge in [0, 0.05) is 12.6 Å². The Morgan fingerprint density at radius 1 is 1.47 bits per heavy atom. The first-order valence-electron chi connectivity index (χ1n) is 5.81. The lowest BCUT2D eigenvalue weighted by molar-refractivity contribution is 0.0589. The fraction of sp³-hybridized carbons (Fsp3) is 0.583. The molecule has 0 aliphatic rings. The van der Waals surface area contributed by atoms with Crippen molar-refractivity contribution in [2.24, 2.45) is 0 Å². The number of carbonyl (C=O) groups is 1. The van der Waals surface area contributed by atoms with Gasteiger partial charge in [0.15, 0.2) is 10.4 Å². The van der Waals surface area contributed by atoms with Gasteiger partial charge < -0.3 is 14.4 Å². The number of amides is 1. The van der Waals surface area contributed by atoms with E-state index >= 15 is 0 Å². The van der Waals surface area contributed by atoms with Gasteiger partial charge in [0.05, 0.1) is 6.61 Å². The zero-order valence-corrected chi connectivity index (χ0v) is 11.7. The molecule has 0 aromatic carbocycles. The molecule has 0 aliphatic heterocycles. The van der Waals surface area contributed by atoms with Crippen molar-refractivity contribution in [2.45, 2.75) is 32.7 Å². The summed E-state index contributed by atoms with van der Waals surface area (Å²) in [6, 6.07) is 3.47. The number of carbonyl (C=O) groups excluding carboxylic acids is 1. The minimum absolute atomic E-state index is 0.0376. The van der Waals surface area contributed by atoms with Gasteiger partial charge in [-0.3, -0.25) is 4.79 Å². The molecule has 0 bridgehead atoms. The molecule has 17 heavy (non-hydrogen) atoms. The Kier molecular flexibility index (Phi) is 5.71. The van der Waals surface area contributed by atoms with Crippen LogP contribution in [0.1, 0.15) is 37.2 Å². The smallest absolute Gasteiger partial charge is 0.289 e. The predicted octanol–water partition coefficient (Wildman–Crippen LogP) is 2.67. The molecule has 1 heterocycles. The number of furan rings is 1. The summed E-state index contributed by atoms with van der Waals surface area (Å²) in [5.41, 5.74) is 0. The highest BCUT2D eigenvalue weighted by molar-refractivity contribution is 9.10. The van der Waals surface area contributed by atoms with E-state index in [4.69, 9.17) is 9.52 Å². The number of rotatable bonds is 6. The van der Waals surface area contributed by atoms with Crippen LogP contribution in [0, 0.1) is 0 Å². The second-order valence-corrected chi connectivity index (χ2v) is 4.58. The van der Waals surface area contributed by atoms with Gasteiger partial charge in [-0.05, 0) is 40.9 Å². The Labute approximate surface area is 110 Å². The van der Waals surface area contributed by atoms with Crippen molar-refractivity contribution in [3.05, 3.63) is 22.6 Å². The molecule has 0 saturated heterocycles. The molecule has 1 N–H and O–H groups in total. The lowest BCUT2D eigenvalue weighted by Crippen LogP contribution is -2.41. The first-order chi connectivity index (χ1) is 8.13. The van der Waals surface area contributed by atoms with Crippen LogP contribution in [0.3, 0.4) is 0 Å². The number of hydrogen-bond acceptors (Lipinski definition) is 3. The summed E-state index contributed by atoms with van der Waals surface area (Å²) in [6.07, 6.45) is 1.73. The summed E-state index contributed by atoms with van der Waals surface area (Å²) >= 11 is 3.17. The Bertz CT molecular complexity index is 360. The van der Waals surface area contributed by atoms with Gasteiger partial charge in [-0.25, -0.2) is 0 Å². The van der Waals surface area contributed by atoms with Crippen molar-refractivity contribution in [2.75, 3.05) is 13.2 Å². The van der Waals surface area contributed by atoms with E-state index in [-0.39, 0.29) is 18.6 Å². The quantitative estimate of drug-likeness (QED) is 0.879. The monoisotopic (exact) mass is 303 g/mol. The van der Waals surface area contributed by atoms with Crippen LogP contribution < -0.4 is 0 Å². The lowest BCUT2D eigenvalue weighted by atomic mass is 10.1. The van der Waals surface area contributed by atoms with Gasteiger partial charge in [0.25, 0.3) is 5.91 Å². The van der Waals surface area contributed by atoms with Gasteiger partial charge in [-0.15, -0.1) is 0 Å². The molecule has 96 valence electrons. The van der Waals surface area contributed by atoms with Gasteiger partial charge in [-0.1, -0.05) is 13.8 Å². The van der Waals surface area contributed by atoms with E-state index in [1.54, 1.807) is 17.0 Å². The van der Waals surface area contributed by atoms with Crippen molar-refractivity contribution in [3.8, 4) is 0 Å². The van der Waals surface area contributed by atoms with Crippen LogP contribution in [0.2, 0.25) is 0 Å². The molecule has 0 unspecified atom stereocenters. The van der Waals surface area contributed by atoms with Crippen molar-refractivity contribution < 1.29 is 14.3 Å². The zero-order chi connectivity index (χ0) is 12.8. The Morgan fingerprint density at radius 3 is 2.53 bits per heavy atom. The summed E-state index contributed by atoms with van der Waals surface area (Å²) < 4.78 is 5.79. The van der Waals surface area contributed by atoms with Gasteiger partial charge in [0.1, 0.15) is 0 Å². The molecule has 0 radical (unpaired) electrons. The van der Waals surface area contributed by atoms with Crippen LogP contribution >= 0.6 is 15.9 Å². The molecule has 1 aromatic rings. The molecule has 0 fully saturated rings. The molecular formula is C12H18BrNO3. The standard InChI is InChI=1S/C12H18BrNO3/c1-3-9(4-2)14(7-8-15)12(16)10-5-6-11(13)17-10/h5-6,9,15H,3-4,7-8H2,1-2H3. The Balaban J connectivity index is 2.86. The summed E-state index contributed by atoms with van der Waals surface area (Å²) in [4.78, 5) is 13.9. The molecule has 1 rings (SSSR count). The van der Waals surface area contributed by atoms with E-state index in [2.05, 4.69) is 15.9 Å². The fourth-order valence-electron chi connectivity index (χ4n) is 1.86. The van der Waals surface area contributed by atoms with Crippen molar-refractivity contribution in [3.63, 3.8) is 0 Å². The van der Waals surface area contributed by atoms with Crippen LogP contribution in [-0.2, 0) is 0 Å². The van der Waals surface area contributed by atoms with E-state index in [1.807, 2.05) is 13.8 Å². The maximum absolute atomic E-state index is 12.2. The summed E-state index contributed by atoms with van der Waals surface area (Å²) in [5.74, 6) is 0.135. The minimum Gasteiger partial charge on any atom is -0.444 e. The van der Waals surface area contributed by atoms with Gasteiger partial charge in [-0.2, -0.15) is 0 Å². The zero-order valence-electron chi connectivity index (χ0n) is 10.1. The third kappa shape index (κ3) is 3.57. The third-order valence-electron chi connectivity index (χ3n) is 2.77. The van der Waals surface area contributed by atoms with Crippen LogP contribution in [0.15, 0.2) is 21.2 Å². The second-order valence-electron chi connectivity index (χ2n) is 3.80. The number of halogens is 1. The number of nitrogens with zero attached hydrogens (tertiary/aromatic N) is 1. The molecule has 0 saturated carbocycles. The predicted molar refractivity (Wildman–Crippen MR) is 68.9 cm³/mol. The molecule has 5 heteroatoms. The molecular weight excluding hydrogens is 286 g/mol. The van der Waals surface area contributed by atoms with Crippen LogP contribution in [0.4, 0.5) is 0 Å². The average molecular weight is 304 g/mol. The van der Waals surface area contributed by atoms with Crippen molar-refractivity contribution in [1.29, 1.82) is 0 Å². The maximum atomic E-state index is 12.2. The topological polar surface area (TPSA) is 53.7 Å². The summed E-state index contributed by atoms with van der Waals surface area (Å²) in [6.45, 7) is 4.36. The fourth-order valence-corrected chi connectivity index (χ4v) is 2.16. The lowest BCUT2D eigenvalue weighted by Gasteiger charge is -2.29. The normalized spacial score (nSPS) is 10.9. The van der Waals surface area contributed by atoms with Gasteiger partial charge >= 0.3 is 0 Å². The molecule has 0 atom stereocenters. The molecule has 4 nitrogen and oxygen atoms in total. The number of aliphatic hydroxyl groups excluding tert-OH is 1. The Morgan fingerprint density at radius 2 is 2.12 bits per heavy atom. The maximum Gasteiger partial charge on any atom is 0.289 e. The SMILES string of the molecule is CCC(CC)N(CCO)C(=O)c1ccc(Br)o1. The highest BCUT2D eigenvalue weighted by Crippen LogP contribution is 2.18. The molecule has 0 spiro atoms. The summed E-state index contributed by atoms with van der Waals surface area (Å²) in [7, 11) is 0. The average Bonchev–Trinajstić information content (AvgIpc) is 2.75. The molecule has 1 aromatic heterocycles. The largest absolute Gasteiger partial charge is 0.444 e. The van der Waals surface area contributed by atoms with Crippen LogP contribution in [0.5, 0.6) is 0 Å². The summed E-state index contributed by atoms with van der Waals surface area (Å²) in [5, 5.41) is 9.04. The van der Waals surface area contributed by atoms with E-state index in [0.29, 0.717) is 17.0 Å². The molecule has 0 aliphatic carbocycles. The highest BCUT2D eigenvalue weighted by atomic mass is 79.9. The van der Waals surface area contributed by atoms with Crippen LogP contribution in [-0.4, -0.2) is 35.1 Å². The molecule has 1 amide bonds. The first-order valence-corrected chi connectivity index (χ1v) is 6.60. The van der Waals surface area contributed by atoms with E-state index in [1.165, 1.54) is 0 Å². The van der Waals surface area contributed by atoms with Crippen molar-refractivity contribution in [1.82, 2.24) is 4.90 Å². The van der Waals surface area contributed by atoms with E-state index in [9.17, 15) is 4.79 Å². The first kappa shape index (κ1) is 14.3. The van der Waals surface area contributed by atoms with Crippen LogP contribution in [0.25, 0.3) is 0 Å². The van der Waals surface area contributed by atoms with E-state index < -0.39 is 0 Å². The number of hydrogen-bond donors (Lipinski definition) is 1.